The van der Waals surface area contributed by atoms with E-state index in [2.05, 4.69) is 25.6 Å². The Morgan fingerprint density at radius 2 is 1.56 bits per heavy atom. The minimum atomic E-state index is -4.38. The first-order valence-corrected chi connectivity index (χ1v) is 10.3. The van der Waals surface area contributed by atoms with Gasteiger partial charge in [-0.2, -0.15) is 13.2 Å². The third-order valence-corrected chi connectivity index (χ3v) is 5.02. The largest absolute Gasteiger partial charge is 0.416 e. The van der Waals surface area contributed by atoms with E-state index in [1.165, 1.54) is 19.1 Å². The second-order valence-electron chi connectivity index (χ2n) is 7.60. The molecule has 0 aliphatic carbocycles. The number of halogens is 3. The van der Waals surface area contributed by atoms with Gasteiger partial charge in [0.05, 0.1) is 23.1 Å². The Hall–Kier alpha value is -4.27. The van der Waals surface area contributed by atoms with Crippen molar-refractivity contribution in [3.8, 4) is 22.4 Å². The van der Waals surface area contributed by atoms with Gasteiger partial charge in [-0.3, -0.25) is 14.8 Å². The summed E-state index contributed by atoms with van der Waals surface area (Å²) in [6, 6.07) is 14.0. The van der Waals surface area contributed by atoms with Crippen LogP contribution in [0.15, 0.2) is 73.2 Å². The van der Waals surface area contributed by atoms with Gasteiger partial charge in [0.25, 0.3) is 0 Å². The molecular formula is C25H20F3N5O. The van der Waals surface area contributed by atoms with E-state index in [1.54, 1.807) is 30.7 Å². The fraction of sp³-hybridized carbons (Fsp3) is 0.120. The van der Waals surface area contributed by atoms with Crippen LogP contribution in [0.5, 0.6) is 0 Å². The molecule has 0 saturated heterocycles. The molecule has 9 heteroatoms. The highest BCUT2D eigenvalue weighted by molar-refractivity contribution is 5.88. The average Bonchev–Trinajstić information content (AvgIpc) is 2.80. The fourth-order valence-electron chi connectivity index (χ4n) is 3.40. The summed E-state index contributed by atoms with van der Waals surface area (Å²) in [7, 11) is 0. The summed E-state index contributed by atoms with van der Waals surface area (Å²) in [5.74, 6) is 0.211. The summed E-state index contributed by atoms with van der Waals surface area (Å²) in [4.78, 5) is 24.3. The molecule has 172 valence electrons. The number of nitrogens with one attached hydrogen (secondary N) is 2. The van der Waals surface area contributed by atoms with Crippen molar-refractivity contribution < 1.29 is 18.0 Å². The summed E-state index contributed by atoms with van der Waals surface area (Å²) >= 11 is 0. The zero-order chi connectivity index (χ0) is 24.3. The average molecular weight is 463 g/mol. The van der Waals surface area contributed by atoms with Crippen molar-refractivity contribution in [2.45, 2.75) is 20.0 Å². The van der Waals surface area contributed by atoms with E-state index in [0.717, 1.165) is 34.5 Å². The molecule has 4 rings (SSSR count). The third-order valence-electron chi connectivity index (χ3n) is 5.02. The van der Waals surface area contributed by atoms with Crippen molar-refractivity contribution >= 4 is 23.1 Å². The number of amides is 1. The number of nitrogens with zero attached hydrogens (tertiary/aromatic N) is 3. The number of aryl methyl sites for hydroxylation is 1. The normalized spacial score (nSPS) is 11.2. The molecular weight excluding hydrogens is 443 g/mol. The summed E-state index contributed by atoms with van der Waals surface area (Å²) in [6.07, 6.45) is 0.518. The Morgan fingerprint density at radius 3 is 2.26 bits per heavy atom. The third kappa shape index (κ3) is 5.37. The number of anilines is 3. The second kappa shape index (κ2) is 9.30. The predicted molar refractivity (Wildman–Crippen MR) is 124 cm³/mol. The van der Waals surface area contributed by atoms with Crippen LogP contribution in [0, 0.1) is 6.92 Å². The lowest BCUT2D eigenvalue weighted by atomic mass is 10.0. The van der Waals surface area contributed by atoms with Crippen LogP contribution in [-0.4, -0.2) is 20.9 Å². The fourth-order valence-corrected chi connectivity index (χ4v) is 3.40. The van der Waals surface area contributed by atoms with Gasteiger partial charge in [-0.15, -0.1) is 0 Å². The number of rotatable bonds is 5. The number of hydrogen-bond acceptors (Lipinski definition) is 5. The molecule has 1 amide bonds. The zero-order valence-electron chi connectivity index (χ0n) is 18.3. The SMILES string of the molecule is CC(=O)Nc1cc(-c2cc(-c3cc(Nc4ccc(C(F)(F)F)cc4)cnc3C)ccn2)ccn1. The van der Waals surface area contributed by atoms with Gasteiger partial charge in [0.15, 0.2) is 0 Å². The topological polar surface area (TPSA) is 79.8 Å². The summed E-state index contributed by atoms with van der Waals surface area (Å²) in [5.41, 5.74) is 4.41. The molecule has 34 heavy (non-hydrogen) atoms. The van der Waals surface area contributed by atoms with Crippen molar-refractivity contribution in [1.29, 1.82) is 0 Å². The Kier molecular flexibility index (Phi) is 6.27. The molecule has 0 radical (unpaired) electrons. The van der Waals surface area contributed by atoms with Crippen LogP contribution in [0.1, 0.15) is 18.2 Å². The smallest absolute Gasteiger partial charge is 0.354 e. The first kappa shape index (κ1) is 22.9. The molecule has 6 nitrogen and oxygen atoms in total. The minimum absolute atomic E-state index is 0.217. The number of aromatic nitrogens is 3. The Bertz CT molecular complexity index is 1340. The molecule has 0 fully saturated rings. The van der Waals surface area contributed by atoms with Gasteiger partial charge in [-0.1, -0.05) is 0 Å². The van der Waals surface area contributed by atoms with E-state index in [-0.39, 0.29) is 5.91 Å². The standard InChI is InChI=1S/C25H20F3N5O/c1-15-22(13-21(14-31-15)33-20-5-3-19(4-6-20)25(26,27)28)17-7-9-29-23(11-17)18-8-10-30-24(12-18)32-16(2)34/h3-14,33H,1-2H3,(H,30,32,34). The lowest BCUT2D eigenvalue weighted by molar-refractivity contribution is -0.137. The summed E-state index contributed by atoms with van der Waals surface area (Å²) in [5, 5.41) is 5.75. The second-order valence-corrected chi connectivity index (χ2v) is 7.60. The Labute approximate surface area is 193 Å². The van der Waals surface area contributed by atoms with Crippen molar-refractivity contribution in [1.82, 2.24) is 15.0 Å². The molecule has 3 aromatic heterocycles. The van der Waals surface area contributed by atoms with Crippen LogP contribution in [0.3, 0.4) is 0 Å². The maximum Gasteiger partial charge on any atom is 0.416 e. The van der Waals surface area contributed by atoms with Crippen LogP contribution in [-0.2, 0) is 11.0 Å². The lowest BCUT2D eigenvalue weighted by Crippen LogP contribution is -2.07. The molecule has 4 aromatic rings. The van der Waals surface area contributed by atoms with Crippen LogP contribution in [0.2, 0.25) is 0 Å². The Morgan fingerprint density at radius 1 is 0.853 bits per heavy atom. The van der Waals surface area contributed by atoms with Gasteiger partial charge in [0.1, 0.15) is 5.82 Å². The van der Waals surface area contributed by atoms with Crippen molar-refractivity contribution in [2.75, 3.05) is 10.6 Å². The van der Waals surface area contributed by atoms with E-state index >= 15 is 0 Å². The molecule has 0 atom stereocenters. The van der Waals surface area contributed by atoms with Crippen molar-refractivity contribution in [3.63, 3.8) is 0 Å². The first-order valence-electron chi connectivity index (χ1n) is 10.3. The number of hydrogen-bond donors (Lipinski definition) is 2. The zero-order valence-corrected chi connectivity index (χ0v) is 18.3. The molecule has 2 N–H and O–H groups in total. The minimum Gasteiger partial charge on any atom is -0.354 e. The van der Waals surface area contributed by atoms with Gasteiger partial charge in [0.2, 0.25) is 5.91 Å². The van der Waals surface area contributed by atoms with Gasteiger partial charge in [-0.25, -0.2) is 4.98 Å². The highest BCUT2D eigenvalue weighted by Gasteiger charge is 2.29. The van der Waals surface area contributed by atoms with Crippen LogP contribution in [0.25, 0.3) is 22.4 Å². The van der Waals surface area contributed by atoms with Crippen LogP contribution >= 0.6 is 0 Å². The monoisotopic (exact) mass is 463 g/mol. The van der Waals surface area contributed by atoms with Gasteiger partial charge in [0, 0.05) is 41.8 Å². The predicted octanol–water partition coefficient (Wildman–Crippen LogP) is 6.23. The van der Waals surface area contributed by atoms with E-state index < -0.39 is 11.7 Å². The number of carbonyl (C=O) groups is 1. The van der Waals surface area contributed by atoms with Gasteiger partial charge in [-0.05, 0) is 67.1 Å². The van der Waals surface area contributed by atoms with Crippen molar-refractivity contribution in [3.05, 3.63) is 84.4 Å². The maximum atomic E-state index is 12.8. The molecule has 0 aliphatic heterocycles. The van der Waals surface area contributed by atoms with E-state index in [0.29, 0.717) is 22.9 Å². The number of benzene rings is 1. The summed E-state index contributed by atoms with van der Waals surface area (Å²) < 4.78 is 38.4. The molecule has 0 spiro atoms. The quantitative estimate of drug-likeness (QED) is 0.367. The number of alkyl halides is 3. The van der Waals surface area contributed by atoms with E-state index in [1.807, 2.05) is 25.1 Å². The molecule has 0 aliphatic rings. The highest BCUT2D eigenvalue weighted by atomic mass is 19.4. The Balaban J connectivity index is 1.62. The van der Waals surface area contributed by atoms with Gasteiger partial charge < -0.3 is 10.6 Å². The molecule has 0 bridgehead atoms. The molecule has 0 saturated carbocycles. The van der Waals surface area contributed by atoms with E-state index in [4.69, 9.17) is 0 Å². The first-order chi connectivity index (χ1) is 16.2. The maximum absolute atomic E-state index is 12.8. The van der Waals surface area contributed by atoms with E-state index in [9.17, 15) is 18.0 Å². The van der Waals surface area contributed by atoms with Crippen molar-refractivity contribution in [2.24, 2.45) is 0 Å². The lowest BCUT2D eigenvalue weighted by Gasteiger charge is -2.12. The van der Waals surface area contributed by atoms with Crippen LogP contribution in [0.4, 0.5) is 30.4 Å². The van der Waals surface area contributed by atoms with Gasteiger partial charge >= 0.3 is 6.18 Å². The number of carbonyl (C=O) groups excluding carboxylic acids is 1. The highest BCUT2D eigenvalue weighted by Crippen LogP contribution is 2.32. The molecule has 0 unspecified atom stereocenters. The number of pyridine rings is 3. The summed E-state index contributed by atoms with van der Waals surface area (Å²) in [6.45, 7) is 3.29. The van der Waals surface area contributed by atoms with Crippen LogP contribution < -0.4 is 10.6 Å². The molecule has 1 aromatic carbocycles. The molecule has 3 heterocycles.